The molecule has 1 atom stereocenters. The number of aliphatic carboxylic acids is 1. The van der Waals surface area contributed by atoms with Crippen LogP contribution in [0.1, 0.15) is 62.0 Å². The molecule has 0 spiro atoms. The Labute approximate surface area is 267 Å². The molecule has 0 radical (unpaired) electrons. The van der Waals surface area contributed by atoms with Crippen LogP contribution in [0, 0.1) is 0 Å². The van der Waals surface area contributed by atoms with Gasteiger partial charge >= 0.3 is 24.2 Å². The maximum Gasteiger partial charge on any atom is 0.416 e. The van der Waals surface area contributed by atoms with E-state index in [9.17, 15) is 42.3 Å². The third-order valence-corrected chi connectivity index (χ3v) is 7.80. The Balaban J connectivity index is 1.62. The predicted molar refractivity (Wildman–Crippen MR) is 156 cm³/mol. The van der Waals surface area contributed by atoms with Crippen LogP contribution in [0.15, 0.2) is 30.3 Å². The number of benzene rings is 1. The van der Waals surface area contributed by atoms with Crippen LogP contribution in [0.5, 0.6) is 5.88 Å². The predicted octanol–water partition coefficient (Wildman–Crippen LogP) is 3.02. The van der Waals surface area contributed by atoms with E-state index < -0.39 is 59.6 Å². The van der Waals surface area contributed by atoms with E-state index in [-0.39, 0.29) is 75.9 Å². The zero-order chi connectivity index (χ0) is 34.4. The van der Waals surface area contributed by atoms with Gasteiger partial charge in [-0.3, -0.25) is 14.4 Å². The number of carboxylic acids is 1. The number of alkyl halides is 3. The molecule has 47 heavy (non-hydrogen) atoms. The van der Waals surface area contributed by atoms with Gasteiger partial charge in [0.2, 0.25) is 17.4 Å². The Morgan fingerprint density at radius 3 is 2.23 bits per heavy atom. The maximum absolute atomic E-state index is 13.6. The summed E-state index contributed by atoms with van der Waals surface area (Å²) in [7, 11) is 0. The number of aromatic nitrogens is 2. The molecular formula is C30H36F3N5O9. The number of piperazine rings is 1. The van der Waals surface area contributed by atoms with Gasteiger partial charge in [-0.25, -0.2) is 14.3 Å². The van der Waals surface area contributed by atoms with E-state index in [1.807, 2.05) is 0 Å². The third kappa shape index (κ3) is 8.31. The smallest absolute Gasteiger partial charge is 0.416 e. The topological polar surface area (TPSA) is 170 Å². The molecule has 2 aliphatic rings. The molecule has 2 fully saturated rings. The molecule has 0 bridgehead atoms. The number of esters is 1. The highest BCUT2D eigenvalue weighted by molar-refractivity contribution is 5.96. The van der Waals surface area contributed by atoms with Gasteiger partial charge in [0.25, 0.3) is 5.91 Å². The zero-order valence-electron chi connectivity index (χ0n) is 25.9. The van der Waals surface area contributed by atoms with Gasteiger partial charge in [-0.2, -0.15) is 18.3 Å². The minimum Gasteiger partial charge on any atom is -0.481 e. The second-order valence-electron chi connectivity index (χ2n) is 11.0. The van der Waals surface area contributed by atoms with Gasteiger partial charge in [0.1, 0.15) is 6.04 Å². The molecule has 4 rings (SSSR count). The number of carboxylic acid groups (broad SMARTS) is 1. The summed E-state index contributed by atoms with van der Waals surface area (Å²) in [5, 5.41) is 16.0. The summed E-state index contributed by atoms with van der Waals surface area (Å²) in [6, 6.07) is 3.94. The van der Waals surface area contributed by atoms with Crippen molar-refractivity contribution in [2.24, 2.45) is 0 Å². The highest BCUT2D eigenvalue weighted by atomic mass is 19.4. The molecule has 1 unspecified atom stereocenters. The second-order valence-corrected chi connectivity index (χ2v) is 11.0. The lowest BCUT2D eigenvalue weighted by molar-refractivity contribution is -0.170. The van der Waals surface area contributed by atoms with Gasteiger partial charge in [0.15, 0.2) is 5.69 Å². The Kier molecular flexibility index (Phi) is 11.0. The van der Waals surface area contributed by atoms with Crippen LogP contribution in [0.3, 0.4) is 0 Å². The molecule has 256 valence electrons. The van der Waals surface area contributed by atoms with Crippen molar-refractivity contribution in [2.75, 3.05) is 39.4 Å². The van der Waals surface area contributed by atoms with E-state index in [2.05, 4.69) is 10.4 Å². The minimum atomic E-state index is -4.69. The Morgan fingerprint density at radius 1 is 1.00 bits per heavy atom. The molecule has 1 saturated carbocycles. The normalized spacial score (nSPS) is 16.4. The second kappa shape index (κ2) is 14.7. The van der Waals surface area contributed by atoms with Gasteiger partial charge in [0.05, 0.1) is 24.5 Å². The number of hydrogen-bond acceptors (Lipinski definition) is 9. The van der Waals surface area contributed by atoms with Crippen molar-refractivity contribution in [2.45, 2.75) is 63.8 Å². The largest absolute Gasteiger partial charge is 0.481 e. The van der Waals surface area contributed by atoms with Crippen LogP contribution in [0.4, 0.5) is 18.0 Å². The third-order valence-electron chi connectivity index (χ3n) is 7.80. The van der Waals surface area contributed by atoms with Gasteiger partial charge in [-0.1, -0.05) is 6.07 Å². The van der Waals surface area contributed by atoms with E-state index in [0.29, 0.717) is 6.42 Å². The lowest BCUT2D eigenvalue weighted by Crippen LogP contribution is -2.56. The van der Waals surface area contributed by atoms with Crippen LogP contribution in [-0.4, -0.2) is 106 Å². The van der Waals surface area contributed by atoms with E-state index in [1.54, 1.807) is 13.8 Å². The van der Waals surface area contributed by atoms with Crippen LogP contribution in [-0.2, 0) is 30.0 Å². The maximum atomic E-state index is 13.6. The van der Waals surface area contributed by atoms with Crippen LogP contribution < -0.4 is 10.1 Å². The minimum absolute atomic E-state index is 0.0636. The zero-order valence-corrected chi connectivity index (χ0v) is 25.9. The summed E-state index contributed by atoms with van der Waals surface area (Å²) in [5.74, 6) is -3.62. The number of carbonyl (C=O) groups is 5. The van der Waals surface area contributed by atoms with E-state index in [1.165, 1.54) is 15.9 Å². The summed E-state index contributed by atoms with van der Waals surface area (Å²) in [5.41, 5.74) is -2.91. The average Bonchev–Trinajstić information content (AvgIpc) is 3.44. The highest BCUT2D eigenvalue weighted by Crippen LogP contribution is 2.39. The molecular weight excluding hydrogens is 631 g/mol. The Morgan fingerprint density at radius 2 is 1.66 bits per heavy atom. The molecule has 1 aliphatic carbocycles. The average molecular weight is 668 g/mol. The van der Waals surface area contributed by atoms with Crippen molar-refractivity contribution in [1.82, 2.24) is 24.9 Å². The number of halogens is 3. The van der Waals surface area contributed by atoms with Crippen molar-refractivity contribution in [3.8, 4) is 11.6 Å². The lowest BCUT2D eigenvalue weighted by Gasteiger charge is -2.38. The SMILES string of the molecule is CCOC(=O)N1CCN(C(=O)C(CCC(=O)O)NC(=O)c2cc(OC3(C(=O)OCC)CCC3)n(-c3cccc(C(F)(F)F)c3)n2)CC1. The van der Waals surface area contributed by atoms with E-state index in [4.69, 9.17) is 14.2 Å². The monoisotopic (exact) mass is 667 g/mol. The number of rotatable bonds is 12. The van der Waals surface area contributed by atoms with E-state index in [0.717, 1.165) is 28.9 Å². The number of carbonyl (C=O) groups excluding carboxylic acids is 4. The quantitative estimate of drug-likeness (QED) is 0.321. The van der Waals surface area contributed by atoms with Crippen LogP contribution in [0.25, 0.3) is 5.69 Å². The molecule has 3 amide bonds. The Bertz CT molecular complexity index is 1480. The van der Waals surface area contributed by atoms with Crippen LogP contribution in [0.2, 0.25) is 0 Å². The van der Waals surface area contributed by atoms with E-state index >= 15 is 0 Å². The van der Waals surface area contributed by atoms with Crippen molar-refractivity contribution >= 4 is 29.8 Å². The fourth-order valence-electron chi connectivity index (χ4n) is 5.16. The standard InChI is InChI=1S/C30H36F3N5O9/c1-3-45-27(43)29(11-6-12-29)47-23-18-22(35-38(23)20-8-5-7-19(17-20)30(31,32)33)25(41)34-21(9-10-24(39)40)26(42)36-13-15-37(16-14-36)28(44)46-4-2/h5,7-8,17-18,21H,3-4,6,9-16H2,1-2H3,(H,34,41)(H,39,40). The highest BCUT2D eigenvalue weighted by Gasteiger charge is 2.49. The molecule has 1 saturated heterocycles. The molecule has 1 aromatic carbocycles. The fraction of sp³-hybridized carbons (Fsp3) is 0.533. The van der Waals surface area contributed by atoms with Gasteiger partial charge in [-0.15, -0.1) is 0 Å². The van der Waals surface area contributed by atoms with Gasteiger partial charge in [-0.05, 0) is 57.7 Å². The summed E-state index contributed by atoms with van der Waals surface area (Å²) < 4.78 is 57.8. The number of amides is 3. The van der Waals surface area contributed by atoms with Crippen molar-refractivity contribution in [3.05, 3.63) is 41.6 Å². The first-order chi connectivity index (χ1) is 22.3. The summed E-state index contributed by atoms with van der Waals surface area (Å²) >= 11 is 0. The fourth-order valence-corrected chi connectivity index (χ4v) is 5.16. The van der Waals surface area contributed by atoms with Crippen molar-refractivity contribution in [3.63, 3.8) is 0 Å². The summed E-state index contributed by atoms with van der Waals surface area (Å²) in [6.45, 7) is 4.06. The number of nitrogens with zero attached hydrogens (tertiary/aromatic N) is 4. The molecule has 17 heteroatoms. The van der Waals surface area contributed by atoms with Crippen molar-refractivity contribution < 1.29 is 56.5 Å². The Hall–Kier alpha value is -4.83. The molecule has 2 aromatic rings. The first kappa shape index (κ1) is 35.0. The lowest BCUT2D eigenvalue weighted by atomic mass is 9.80. The molecule has 2 heterocycles. The molecule has 14 nitrogen and oxygen atoms in total. The number of ether oxygens (including phenoxy) is 3. The first-order valence-electron chi connectivity index (χ1n) is 15.1. The van der Waals surface area contributed by atoms with Crippen molar-refractivity contribution in [1.29, 1.82) is 0 Å². The van der Waals surface area contributed by atoms with Gasteiger partial charge in [0, 0.05) is 38.7 Å². The van der Waals surface area contributed by atoms with Gasteiger partial charge < -0.3 is 34.4 Å². The summed E-state index contributed by atoms with van der Waals surface area (Å²) in [6.07, 6.45) is -4.82. The number of hydrogen-bond donors (Lipinski definition) is 2. The molecule has 1 aliphatic heterocycles. The molecule has 1 aromatic heterocycles. The number of nitrogens with one attached hydrogen (secondary N) is 1. The van der Waals surface area contributed by atoms with Crippen LogP contribution >= 0.6 is 0 Å². The molecule has 2 N–H and O–H groups in total. The first-order valence-corrected chi connectivity index (χ1v) is 15.1. The summed E-state index contributed by atoms with van der Waals surface area (Å²) in [4.78, 5) is 66.0.